The van der Waals surface area contributed by atoms with Gasteiger partial charge in [0.2, 0.25) is 0 Å². The summed E-state index contributed by atoms with van der Waals surface area (Å²) in [6.45, 7) is 2.75. The molecule has 0 aliphatic heterocycles. The van der Waals surface area contributed by atoms with E-state index in [1.165, 1.54) is 10.9 Å². The minimum atomic E-state index is 0.749. The van der Waals surface area contributed by atoms with Crippen LogP contribution in [0.1, 0.15) is 11.3 Å². The zero-order chi connectivity index (χ0) is 13.9. The summed E-state index contributed by atoms with van der Waals surface area (Å²) < 4.78 is 0. The number of rotatable bonds is 4. The molecule has 5 heteroatoms. The topological polar surface area (TPSA) is 53.6 Å². The lowest BCUT2D eigenvalue weighted by atomic mass is 10.1. The van der Waals surface area contributed by atoms with Gasteiger partial charge in [0.15, 0.2) is 0 Å². The second-order valence-corrected chi connectivity index (χ2v) is 5.16. The maximum atomic E-state index is 5.98. The van der Waals surface area contributed by atoms with Crippen LogP contribution in [-0.2, 0) is 6.42 Å². The third-order valence-electron chi connectivity index (χ3n) is 3.18. The van der Waals surface area contributed by atoms with Gasteiger partial charge in [-0.1, -0.05) is 17.7 Å². The molecule has 0 unspecified atom stereocenters. The average molecular weight is 287 g/mol. The van der Waals surface area contributed by atoms with E-state index in [1.807, 2.05) is 25.3 Å². The molecule has 102 valence electrons. The molecule has 0 saturated carbocycles. The van der Waals surface area contributed by atoms with E-state index in [0.29, 0.717) is 0 Å². The minimum Gasteiger partial charge on any atom is -0.368 e. The molecular formula is C15H15ClN4. The lowest BCUT2D eigenvalue weighted by molar-refractivity contribution is 0.997. The second kappa shape index (κ2) is 5.51. The van der Waals surface area contributed by atoms with E-state index in [0.717, 1.165) is 35.0 Å². The third kappa shape index (κ3) is 2.75. The summed E-state index contributed by atoms with van der Waals surface area (Å²) in [6, 6.07) is 5.91. The highest BCUT2D eigenvalue weighted by Gasteiger charge is 2.04. The number of nitrogens with zero attached hydrogens (tertiary/aromatic N) is 2. The van der Waals surface area contributed by atoms with Crippen LogP contribution in [0.3, 0.4) is 0 Å². The number of benzene rings is 1. The summed E-state index contributed by atoms with van der Waals surface area (Å²) in [5.74, 6) is 0.813. The molecule has 0 aliphatic carbocycles. The first-order valence-electron chi connectivity index (χ1n) is 6.50. The number of anilines is 1. The van der Waals surface area contributed by atoms with Gasteiger partial charge in [0.25, 0.3) is 0 Å². The number of halogens is 1. The third-order valence-corrected chi connectivity index (χ3v) is 3.42. The molecular weight excluding hydrogens is 272 g/mol. The SMILES string of the molecule is Cc1cncc(NCCc2c[nH]c3cc(Cl)ccc23)n1. The number of aryl methyl sites for hydroxylation is 1. The number of H-pyrrole nitrogens is 1. The quantitative estimate of drug-likeness (QED) is 0.771. The first-order valence-corrected chi connectivity index (χ1v) is 6.88. The summed E-state index contributed by atoms with van der Waals surface area (Å²) in [6.07, 6.45) is 6.43. The van der Waals surface area contributed by atoms with Crippen molar-refractivity contribution >= 4 is 28.3 Å². The van der Waals surface area contributed by atoms with E-state index in [9.17, 15) is 0 Å². The van der Waals surface area contributed by atoms with Crippen LogP contribution in [0.2, 0.25) is 5.02 Å². The molecule has 3 aromatic rings. The minimum absolute atomic E-state index is 0.749. The molecule has 0 saturated heterocycles. The zero-order valence-electron chi connectivity index (χ0n) is 11.2. The first-order chi connectivity index (χ1) is 9.72. The summed E-state index contributed by atoms with van der Waals surface area (Å²) in [5, 5.41) is 5.25. The monoisotopic (exact) mass is 286 g/mol. The van der Waals surface area contributed by atoms with Gasteiger partial charge in [-0.25, -0.2) is 4.98 Å². The normalized spacial score (nSPS) is 10.9. The zero-order valence-corrected chi connectivity index (χ0v) is 11.9. The number of aromatic amines is 1. The van der Waals surface area contributed by atoms with Crippen molar-refractivity contribution in [3.05, 3.63) is 53.1 Å². The lowest BCUT2D eigenvalue weighted by Crippen LogP contribution is -2.06. The largest absolute Gasteiger partial charge is 0.368 e. The Balaban J connectivity index is 1.68. The van der Waals surface area contributed by atoms with Crippen molar-refractivity contribution in [2.24, 2.45) is 0 Å². The fourth-order valence-corrected chi connectivity index (χ4v) is 2.41. The van der Waals surface area contributed by atoms with Gasteiger partial charge in [-0.05, 0) is 31.0 Å². The molecule has 0 radical (unpaired) electrons. The van der Waals surface area contributed by atoms with E-state index in [2.05, 4.69) is 26.3 Å². The average Bonchev–Trinajstić information content (AvgIpc) is 2.81. The Morgan fingerprint density at radius 1 is 1.30 bits per heavy atom. The summed E-state index contributed by atoms with van der Waals surface area (Å²) >= 11 is 5.98. The first kappa shape index (κ1) is 12.9. The predicted octanol–water partition coefficient (Wildman–Crippen LogP) is 3.57. The molecule has 0 spiro atoms. The van der Waals surface area contributed by atoms with Gasteiger partial charge in [-0.3, -0.25) is 4.98 Å². The molecule has 20 heavy (non-hydrogen) atoms. The molecule has 2 aromatic heterocycles. The molecule has 2 heterocycles. The smallest absolute Gasteiger partial charge is 0.144 e. The van der Waals surface area contributed by atoms with Crippen molar-refractivity contribution in [1.82, 2.24) is 15.0 Å². The Kier molecular flexibility index (Phi) is 3.56. The van der Waals surface area contributed by atoms with Crippen molar-refractivity contribution in [3.8, 4) is 0 Å². The standard InChI is InChI=1S/C15H15ClN4/c1-10-7-17-9-15(20-10)18-5-4-11-8-19-14-6-12(16)2-3-13(11)14/h2-3,6-9,19H,4-5H2,1H3,(H,18,20). The maximum Gasteiger partial charge on any atom is 0.144 e. The Labute approximate surface area is 122 Å². The highest BCUT2D eigenvalue weighted by molar-refractivity contribution is 6.31. The van der Waals surface area contributed by atoms with E-state index >= 15 is 0 Å². The summed E-state index contributed by atoms with van der Waals surface area (Å²) in [5.41, 5.74) is 3.25. The number of fused-ring (bicyclic) bond motifs is 1. The number of aromatic nitrogens is 3. The van der Waals surface area contributed by atoms with Gasteiger partial charge in [0.1, 0.15) is 5.82 Å². The fourth-order valence-electron chi connectivity index (χ4n) is 2.24. The van der Waals surface area contributed by atoms with Crippen molar-refractivity contribution in [3.63, 3.8) is 0 Å². The summed E-state index contributed by atoms with van der Waals surface area (Å²) in [7, 11) is 0. The van der Waals surface area contributed by atoms with Crippen LogP contribution in [0.4, 0.5) is 5.82 Å². The van der Waals surface area contributed by atoms with E-state index < -0.39 is 0 Å². The number of hydrogen-bond donors (Lipinski definition) is 2. The highest BCUT2D eigenvalue weighted by Crippen LogP contribution is 2.22. The maximum absolute atomic E-state index is 5.98. The molecule has 2 N–H and O–H groups in total. The van der Waals surface area contributed by atoms with E-state index in [-0.39, 0.29) is 0 Å². The van der Waals surface area contributed by atoms with Gasteiger partial charge in [-0.15, -0.1) is 0 Å². The predicted molar refractivity (Wildman–Crippen MR) is 82.3 cm³/mol. The van der Waals surface area contributed by atoms with Gasteiger partial charge in [0.05, 0.1) is 11.9 Å². The molecule has 0 amide bonds. The van der Waals surface area contributed by atoms with Crippen molar-refractivity contribution < 1.29 is 0 Å². The lowest BCUT2D eigenvalue weighted by Gasteiger charge is -2.05. The van der Waals surface area contributed by atoms with Crippen LogP contribution in [-0.4, -0.2) is 21.5 Å². The Hall–Kier alpha value is -2.07. The second-order valence-electron chi connectivity index (χ2n) is 4.73. The van der Waals surface area contributed by atoms with Crippen LogP contribution in [0.5, 0.6) is 0 Å². The van der Waals surface area contributed by atoms with E-state index in [1.54, 1.807) is 12.4 Å². The fraction of sp³-hybridized carbons (Fsp3) is 0.200. The van der Waals surface area contributed by atoms with Gasteiger partial charge >= 0.3 is 0 Å². The molecule has 3 rings (SSSR count). The van der Waals surface area contributed by atoms with Gasteiger partial charge in [-0.2, -0.15) is 0 Å². The van der Waals surface area contributed by atoms with Crippen LogP contribution in [0.15, 0.2) is 36.8 Å². The molecule has 4 nitrogen and oxygen atoms in total. The van der Waals surface area contributed by atoms with Gasteiger partial charge in [0, 0.05) is 34.9 Å². The van der Waals surface area contributed by atoms with Crippen molar-refractivity contribution in [2.45, 2.75) is 13.3 Å². The van der Waals surface area contributed by atoms with Crippen LogP contribution in [0, 0.1) is 6.92 Å². The number of hydrogen-bond acceptors (Lipinski definition) is 3. The molecule has 0 atom stereocenters. The van der Waals surface area contributed by atoms with Crippen molar-refractivity contribution in [2.75, 3.05) is 11.9 Å². The Morgan fingerprint density at radius 2 is 2.20 bits per heavy atom. The number of nitrogens with one attached hydrogen (secondary N) is 2. The highest BCUT2D eigenvalue weighted by atomic mass is 35.5. The van der Waals surface area contributed by atoms with Crippen LogP contribution in [0.25, 0.3) is 10.9 Å². The van der Waals surface area contributed by atoms with Crippen LogP contribution < -0.4 is 5.32 Å². The molecule has 1 aromatic carbocycles. The van der Waals surface area contributed by atoms with Crippen LogP contribution >= 0.6 is 11.6 Å². The molecule has 0 fully saturated rings. The van der Waals surface area contributed by atoms with Gasteiger partial charge < -0.3 is 10.3 Å². The van der Waals surface area contributed by atoms with Crippen molar-refractivity contribution in [1.29, 1.82) is 0 Å². The molecule has 0 aliphatic rings. The Bertz CT molecular complexity index is 736. The molecule has 0 bridgehead atoms. The van der Waals surface area contributed by atoms with E-state index in [4.69, 9.17) is 11.6 Å². The Morgan fingerprint density at radius 3 is 3.05 bits per heavy atom. The summed E-state index contributed by atoms with van der Waals surface area (Å²) in [4.78, 5) is 11.7.